The molecule has 0 bridgehead atoms. The number of aryl methyl sites for hydroxylation is 1. The van der Waals surface area contributed by atoms with Crippen LogP contribution in [-0.2, 0) is 0 Å². The van der Waals surface area contributed by atoms with Crippen molar-refractivity contribution in [3.63, 3.8) is 0 Å². The van der Waals surface area contributed by atoms with Crippen LogP contribution < -0.4 is 10.6 Å². The minimum atomic E-state index is 0.701. The Kier molecular flexibility index (Phi) is 3.29. The number of hydrogen-bond acceptors (Lipinski definition) is 4. The first-order valence-electron chi connectivity index (χ1n) is 8.15. The van der Waals surface area contributed by atoms with Crippen LogP contribution in [0.15, 0.2) is 12.1 Å². The number of nitrogens with two attached hydrogens (primary N) is 1. The maximum atomic E-state index is 6.39. The van der Waals surface area contributed by atoms with Gasteiger partial charge in [-0.05, 0) is 50.7 Å². The Hall–Kier alpha value is -1.29. The first-order valence-corrected chi connectivity index (χ1v) is 8.97. The number of fused-ring (bicyclic) bond motifs is 2. The number of nitrogen functional groups attached to an aromatic ring is 1. The van der Waals surface area contributed by atoms with Gasteiger partial charge in [-0.15, -0.1) is 11.3 Å². The average Bonchev–Trinajstić information content (AvgIpc) is 2.85. The Bertz CT molecular complexity index is 661. The fraction of sp³-hybridized carbons (Fsp3) is 0.588. The molecular weight excluding hydrogens is 278 g/mol. The first kappa shape index (κ1) is 13.4. The summed E-state index contributed by atoms with van der Waals surface area (Å²) in [7, 11) is 0. The molecule has 112 valence electrons. The van der Waals surface area contributed by atoms with Gasteiger partial charge in [0.25, 0.3) is 0 Å². The average molecular weight is 301 g/mol. The van der Waals surface area contributed by atoms with Crippen molar-refractivity contribution in [1.29, 1.82) is 0 Å². The fourth-order valence-electron chi connectivity index (χ4n) is 4.27. The molecule has 1 aromatic carbocycles. The van der Waals surface area contributed by atoms with Crippen LogP contribution in [0, 0.1) is 12.8 Å². The van der Waals surface area contributed by atoms with Crippen LogP contribution in [0.1, 0.15) is 43.5 Å². The van der Waals surface area contributed by atoms with E-state index < -0.39 is 0 Å². The van der Waals surface area contributed by atoms with Crippen molar-refractivity contribution in [3.8, 4) is 0 Å². The molecule has 1 aliphatic heterocycles. The van der Waals surface area contributed by atoms with Crippen LogP contribution in [0.4, 0.5) is 11.4 Å². The van der Waals surface area contributed by atoms with Crippen molar-refractivity contribution in [3.05, 3.63) is 17.1 Å². The van der Waals surface area contributed by atoms with Crippen LogP contribution >= 0.6 is 11.3 Å². The van der Waals surface area contributed by atoms with Gasteiger partial charge in [0.1, 0.15) is 0 Å². The van der Waals surface area contributed by atoms with Gasteiger partial charge in [0, 0.05) is 12.6 Å². The summed E-state index contributed by atoms with van der Waals surface area (Å²) in [5, 5.41) is 1.12. The molecule has 0 spiro atoms. The molecule has 1 aliphatic carbocycles. The molecule has 2 aliphatic rings. The van der Waals surface area contributed by atoms with Crippen molar-refractivity contribution < 1.29 is 0 Å². The normalized spacial score (nSPS) is 26.0. The minimum absolute atomic E-state index is 0.701. The summed E-state index contributed by atoms with van der Waals surface area (Å²) in [6, 6.07) is 5.06. The molecule has 1 aromatic heterocycles. The molecule has 2 N–H and O–H groups in total. The minimum Gasteiger partial charge on any atom is -0.397 e. The molecule has 2 aromatic rings. The topological polar surface area (TPSA) is 42.2 Å². The SMILES string of the molecule is Cc1nc2cc(N3CCC[C@H]4CCCC[C@H]43)c(N)cc2s1. The van der Waals surface area contributed by atoms with Crippen LogP contribution in [0.25, 0.3) is 10.2 Å². The number of aromatic nitrogens is 1. The predicted octanol–water partition coefficient (Wildman–Crippen LogP) is 4.35. The van der Waals surface area contributed by atoms with E-state index in [9.17, 15) is 0 Å². The van der Waals surface area contributed by atoms with Crippen molar-refractivity contribution in [2.75, 3.05) is 17.2 Å². The van der Waals surface area contributed by atoms with E-state index in [1.807, 2.05) is 0 Å². The molecule has 0 radical (unpaired) electrons. The second kappa shape index (κ2) is 5.16. The molecule has 2 atom stereocenters. The van der Waals surface area contributed by atoms with E-state index in [0.29, 0.717) is 6.04 Å². The molecule has 21 heavy (non-hydrogen) atoms. The monoisotopic (exact) mass is 301 g/mol. The predicted molar refractivity (Wildman–Crippen MR) is 91.1 cm³/mol. The first-order chi connectivity index (χ1) is 10.2. The molecule has 4 rings (SSSR count). The largest absolute Gasteiger partial charge is 0.397 e. The van der Waals surface area contributed by atoms with E-state index in [2.05, 4.69) is 28.9 Å². The third-order valence-electron chi connectivity index (χ3n) is 5.20. The molecule has 1 saturated heterocycles. The third kappa shape index (κ3) is 2.30. The smallest absolute Gasteiger partial charge is 0.0907 e. The van der Waals surface area contributed by atoms with E-state index in [4.69, 9.17) is 5.73 Å². The lowest BCUT2D eigenvalue weighted by Gasteiger charge is -2.45. The summed E-state index contributed by atoms with van der Waals surface area (Å²) in [5.74, 6) is 0.875. The van der Waals surface area contributed by atoms with Gasteiger partial charge in [-0.2, -0.15) is 0 Å². The zero-order valence-corrected chi connectivity index (χ0v) is 13.5. The van der Waals surface area contributed by atoms with E-state index in [-0.39, 0.29) is 0 Å². The summed E-state index contributed by atoms with van der Waals surface area (Å²) in [6.07, 6.45) is 8.22. The number of thiazole rings is 1. The number of piperidine rings is 1. The van der Waals surface area contributed by atoms with Gasteiger partial charge < -0.3 is 10.6 Å². The number of benzene rings is 1. The van der Waals surface area contributed by atoms with E-state index in [1.165, 1.54) is 48.9 Å². The van der Waals surface area contributed by atoms with Crippen molar-refractivity contribution in [1.82, 2.24) is 4.98 Å². The summed E-state index contributed by atoms with van der Waals surface area (Å²) < 4.78 is 1.21. The van der Waals surface area contributed by atoms with Crippen LogP contribution in [0.3, 0.4) is 0 Å². The molecule has 3 nitrogen and oxygen atoms in total. The Labute approximate surface area is 130 Å². The number of hydrogen-bond donors (Lipinski definition) is 1. The number of rotatable bonds is 1. The van der Waals surface area contributed by atoms with Crippen LogP contribution in [0.2, 0.25) is 0 Å². The molecule has 2 fully saturated rings. The van der Waals surface area contributed by atoms with Crippen molar-refractivity contribution in [2.24, 2.45) is 5.92 Å². The van der Waals surface area contributed by atoms with Gasteiger partial charge in [0.15, 0.2) is 0 Å². The van der Waals surface area contributed by atoms with Gasteiger partial charge in [-0.25, -0.2) is 4.98 Å². The Balaban J connectivity index is 1.75. The lowest BCUT2D eigenvalue weighted by molar-refractivity contribution is 0.244. The Morgan fingerprint density at radius 2 is 2.00 bits per heavy atom. The molecular formula is C17H23N3S. The van der Waals surface area contributed by atoms with Gasteiger partial charge in [-0.1, -0.05) is 12.8 Å². The number of nitrogens with zero attached hydrogens (tertiary/aromatic N) is 2. The lowest BCUT2D eigenvalue weighted by Crippen LogP contribution is -2.47. The lowest BCUT2D eigenvalue weighted by atomic mass is 9.78. The highest BCUT2D eigenvalue weighted by atomic mass is 32.1. The summed E-state index contributed by atoms with van der Waals surface area (Å²) >= 11 is 1.73. The second-order valence-corrected chi connectivity index (χ2v) is 7.79. The molecule has 0 unspecified atom stereocenters. The van der Waals surface area contributed by atoms with Crippen molar-refractivity contribution >= 4 is 32.9 Å². The maximum absolute atomic E-state index is 6.39. The third-order valence-corrected chi connectivity index (χ3v) is 6.13. The van der Waals surface area contributed by atoms with Crippen molar-refractivity contribution in [2.45, 2.75) is 51.5 Å². The summed E-state index contributed by atoms with van der Waals surface area (Å²) in [6.45, 7) is 3.22. The quantitative estimate of drug-likeness (QED) is 0.796. The molecule has 0 amide bonds. The highest BCUT2D eigenvalue weighted by Gasteiger charge is 2.34. The van der Waals surface area contributed by atoms with Crippen LogP contribution in [0.5, 0.6) is 0 Å². The van der Waals surface area contributed by atoms with E-state index in [0.717, 1.165) is 28.7 Å². The van der Waals surface area contributed by atoms with Gasteiger partial charge in [-0.3, -0.25) is 0 Å². The van der Waals surface area contributed by atoms with Gasteiger partial charge in [0.2, 0.25) is 0 Å². The molecule has 1 saturated carbocycles. The Morgan fingerprint density at radius 3 is 2.90 bits per heavy atom. The zero-order chi connectivity index (χ0) is 14.4. The van der Waals surface area contributed by atoms with Gasteiger partial charge in [0.05, 0.1) is 26.6 Å². The summed E-state index contributed by atoms with van der Waals surface area (Å²) in [5.41, 5.74) is 9.65. The maximum Gasteiger partial charge on any atom is 0.0907 e. The zero-order valence-electron chi connectivity index (χ0n) is 12.6. The Morgan fingerprint density at radius 1 is 1.19 bits per heavy atom. The highest BCUT2D eigenvalue weighted by molar-refractivity contribution is 7.18. The van der Waals surface area contributed by atoms with Crippen LogP contribution in [-0.4, -0.2) is 17.6 Å². The summed E-state index contributed by atoms with van der Waals surface area (Å²) in [4.78, 5) is 7.24. The molecule has 2 heterocycles. The van der Waals surface area contributed by atoms with E-state index >= 15 is 0 Å². The standard InChI is InChI=1S/C17H23N3S/c1-11-19-14-10-16(13(18)9-17(14)21-11)20-8-4-6-12-5-2-3-7-15(12)20/h9-10,12,15H,2-8,18H2,1H3/t12-,15-/m1/s1. The van der Waals surface area contributed by atoms with E-state index in [1.54, 1.807) is 11.3 Å². The second-order valence-electron chi connectivity index (χ2n) is 6.56. The van der Waals surface area contributed by atoms with Gasteiger partial charge >= 0.3 is 0 Å². The highest BCUT2D eigenvalue weighted by Crippen LogP contribution is 2.41. The molecule has 4 heteroatoms. The number of anilines is 2. The fourth-order valence-corrected chi connectivity index (χ4v) is 5.12.